The van der Waals surface area contributed by atoms with Crippen molar-refractivity contribution in [1.29, 1.82) is 0 Å². The monoisotopic (exact) mass is 410 g/mol. The van der Waals surface area contributed by atoms with E-state index in [4.69, 9.17) is 6.57 Å². The Morgan fingerprint density at radius 3 is 2.57 bits per heavy atom. The van der Waals surface area contributed by atoms with Crippen LogP contribution in [-0.2, 0) is 17.8 Å². The predicted molar refractivity (Wildman–Crippen MR) is 110 cm³/mol. The molecule has 156 valence electrons. The van der Waals surface area contributed by atoms with Gasteiger partial charge >= 0.3 is 0 Å². The largest absolute Gasteiger partial charge is 0.345 e. The lowest BCUT2D eigenvalue weighted by Crippen LogP contribution is -2.44. The summed E-state index contributed by atoms with van der Waals surface area (Å²) in [6.07, 6.45) is 2.31. The molecule has 0 saturated carbocycles. The second kappa shape index (κ2) is 8.11. The van der Waals surface area contributed by atoms with Crippen molar-refractivity contribution in [2.24, 2.45) is 0 Å². The average Bonchev–Trinajstić information content (AvgIpc) is 3.07. The molecular weight excluding hydrogens is 387 g/mol. The summed E-state index contributed by atoms with van der Waals surface area (Å²) in [5, 5.41) is 5.31. The summed E-state index contributed by atoms with van der Waals surface area (Å²) in [6.45, 7) is 12.9. The van der Waals surface area contributed by atoms with Crippen LogP contribution in [-0.4, -0.2) is 27.7 Å². The van der Waals surface area contributed by atoms with Gasteiger partial charge in [0.15, 0.2) is 0 Å². The van der Waals surface area contributed by atoms with Crippen LogP contribution in [0.5, 0.6) is 0 Å². The van der Waals surface area contributed by atoms with E-state index in [1.807, 2.05) is 0 Å². The molecule has 2 amide bonds. The van der Waals surface area contributed by atoms with Crippen molar-refractivity contribution >= 4 is 29.0 Å². The molecule has 1 aromatic heterocycles. The minimum atomic E-state index is -0.722. The third-order valence-electron chi connectivity index (χ3n) is 4.75. The number of anilines is 1. The zero-order chi connectivity index (χ0) is 22.1. The van der Waals surface area contributed by atoms with Crippen LogP contribution in [0.25, 0.3) is 4.85 Å². The fourth-order valence-electron chi connectivity index (χ4n) is 3.45. The molecule has 0 saturated heterocycles. The fraction of sp³-hybridized carbons (Fsp3) is 0.364. The summed E-state index contributed by atoms with van der Waals surface area (Å²) in [4.78, 5) is 41.1. The molecule has 8 heteroatoms. The van der Waals surface area contributed by atoms with Gasteiger partial charge in [0.25, 0.3) is 17.6 Å². The number of aromatic nitrogens is 1. The molecule has 2 heterocycles. The number of amides is 2. The Hall–Kier alpha value is -3.47. The van der Waals surface area contributed by atoms with Gasteiger partial charge in [-0.1, -0.05) is 0 Å². The number of halogens is 1. The Morgan fingerprint density at radius 1 is 1.17 bits per heavy atom. The Labute approximate surface area is 174 Å². The SMILES string of the molecule is [C-]#[N+]c1cc(NC(=O)c2cc(C(=O)C(=O)NC(C)(C)C)n3c2CCCC3)ccc1F. The molecule has 1 aliphatic rings. The first-order valence-electron chi connectivity index (χ1n) is 9.68. The van der Waals surface area contributed by atoms with Crippen LogP contribution in [0.15, 0.2) is 24.3 Å². The third-order valence-corrected chi connectivity index (χ3v) is 4.75. The molecule has 1 aromatic carbocycles. The third kappa shape index (κ3) is 4.40. The first-order valence-corrected chi connectivity index (χ1v) is 9.68. The summed E-state index contributed by atoms with van der Waals surface area (Å²) in [5.41, 5.74) is 0.696. The van der Waals surface area contributed by atoms with E-state index in [9.17, 15) is 18.8 Å². The van der Waals surface area contributed by atoms with Gasteiger partial charge in [-0.25, -0.2) is 9.24 Å². The minimum Gasteiger partial charge on any atom is -0.345 e. The summed E-state index contributed by atoms with van der Waals surface area (Å²) in [6, 6.07) is 5.18. The van der Waals surface area contributed by atoms with E-state index in [2.05, 4.69) is 15.5 Å². The molecule has 2 aromatic rings. The van der Waals surface area contributed by atoms with E-state index in [1.165, 1.54) is 18.2 Å². The van der Waals surface area contributed by atoms with Crippen molar-refractivity contribution in [3.8, 4) is 0 Å². The molecule has 30 heavy (non-hydrogen) atoms. The highest BCUT2D eigenvalue weighted by molar-refractivity contribution is 6.42. The molecule has 0 spiro atoms. The van der Waals surface area contributed by atoms with Gasteiger partial charge in [-0.05, 0) is 64.3 Å². The minimum absolute atomic E-state index is 0.178. The summed E-state index contributed by atoms with van der Waals surface area (Å²) >= 11 is 0. The van der Waals surface area contributed by atoms with Crippen LogP contribution in [0.2, 0.25) is 0 Å². The van der Waals surface area contributed by atoms with Crippen LogP contribution in [0, 0.1) is 12.4 Å². The number of hydrogen-bond donors (Lipinski definition) is 2. The Kier molecular flexibility index (Phi) is 5.74. The van der Waals surface area contributed by atoms with Crippen molar-refractivity contribution in [2.45, 2.75) is 52.1 Å². The topological polar surface area (TPSA) is 84.6 Å². The summed E-state index contributed by atoms with van der Waals surface area (Å²) in [7, 11) is 0. The Balaban J connectivity index is 1.92. The number of rotatable bonds is 4. The number of nitrogens with zero attached hydrogens (tertiary/aromatic N) is 2. The van der Waals surface area contributed by atoms with Crippen LogP contribution in [0.4, 0.5) is 15.8 Å². The maximum Gasteiger partial charge on any atom is 0.294 e. The van der Waals surface area contributed by atoms with Gasteiger partial charge in [-0.15, -0.1) is 0 Å². The number of nitrogens with one attached hydrogen (secondary N) is 2. The average molecular weight is 410 g/mol. The van der Waals surface area contributed by atoms with Crippen molar-refractivity contribution in [3.63, 3.8) is 0 Å². The number of fused-ring (bicyclic) bond motifs is 1. The van der Waals surface area contributed by atoms with Crippen LogP contribution >= 0.6 is 0 Å². The molecule has 0 aliphatic carbocycles. The zero-order valence-corrected chi connectivity index (χ0v) is 17.1. The molecule has 7 nitrogen and oxygen atoms in total. The Morgan fingerprint density at radius 2 is 1.90 bits per heavy atom. The molecule has 0 bridgehead atoms. The predicted octanol–water partition coefficient (Wildman–Crippen LogP) is 3.86. The van der Waals surface area contributed by atoms with Crippen LogP contribution in [0.3, 0.4) is 0 Å². The number of hydrogen-bond acceptors (Lipinski definition) is 3. The van der Waals surface area contributed by atoms with Gasteiger partial charge in [-0.2, -0.15) is 0 Å². The molecule has 1 aliphatic heterocycles. The first kappa shape index (κ1) is 21.2. The van der Waals surface area contributed by atoms with Crippen molar-refractivity contribution < 1.29 is 18.8 Å². The number of ketones is 1. The number of Topliss-reactive ketones (excluding diaryl/α,β-unsaturated/α-hetero) is 1. The number of carbonyl (C=O) groups is 3. The first-order chi connectivity index (χ1) is 14.1. The lowest BCUT2D eigenvalue weighted by Gasteiger charge is -2.21. The van der Waals surface area contributed by atoms with Crippen molar-refractivity contribution in [2.75, 3.05) is 5.32 Å². The molecule has 0 unspecified atom stereocenters. The van der Waals surface area contributed by atoms with Gasteiger partial charge in [-0.3, -0.25) is 14.4 Å². The number of benzene rings is 1. The van der Waals surface area contributed by atoms with Crippen LogP contribution in [0.1, 0.15) is 60.2 Å². The maximum atomic E-state index is 13.5. The molecule has 0 radical (unpaired) electrons. The van der Waals surface area contributed by atoms with Crippen molar-refractivity contribution in [3.05, 3.63) is 58.5 Å². The van der Waals surface area contributed by atoms with E-state index in [0.717, 1.165) is 18.9 Å². The molecular formula is C22H23FN4O3. The zero-order valence-electron chi connectivity index (χ0n) is 17.1. The van der Waals surface area contributed by atoms with E-state index < -0.39 is 29.0 Å². The smallest absolute Gasteiger partial charge is 0.294 e. The summed E-state index contributed by atoms with van der Waals surface area (Å²) in [5.74, 6) is -2.55. The molecule has 0 atom stereocenters. The highest BCUT2D eigenvalue weighted by Crippen LogP contribution is 2.27. The van der Waals surface area contributed by atoms with E-state index in [0.29, 0.717) is 24.2 Å². The normalized spacial score (nSPS) is 13.2. The Bertz CT molecular complexity index is 1070. The molecule has 2 N–H and O–H groups in total. The second-order valence-electron chi connectivity index (χ2n) is 8.26. The van der Waals surface area contributed by atoms with Crippen molar-refractivity contribution in [1.82, 2.24) is 9.88 Å². The number of carbonyl (C=O) groups excluding carboxylic acids is 3. The fourth-order valence-corrected chi connectivity index (χ4v) is 3.45. The van der Waals surface area contributed by atoms with Gasteiger partial charge in [0, 0.05) is 23.5 Å². The molecule has 3 rings (SSSR count). The highest BCUT2D eigenvalue weighted by Gasteiger charge is 2.30. The van der Waals surface area contributed by atoms with Gasteiger partial charge in [0.2, 0.25) is 5.69 Å². The lowest BCUT2D eigenvalue weighted by atomic mass is 10.1. The van der Waals surface area contributed by atoms with Crippen LogP contribution < -0.4 is 10.6 Å². The molecule has 0 fully saturated rings. The van der Waals surface area contributed by atoms with Gasteiger partial charge < -0.3 is 15.2 Å². The van der Waals surface area contributed by atoms with Gasteiger partial charge in [0.1, 0.15) is 5.82 Å². The van der Waals surface area contributed by atoms with Gasteiger partial charge in [0.05, 0.1) is 17.8 Å². The lowest BCUT2D eigenvalue weighted by molar-refractivity contribution is -0.118. The second-order valence-corrected chi connectivity index (χ2v) is 8.26. The quantitative estimate of drug-likeness (QED) is 0.456. The maximum absolute atomic E-state index is 13.5. The highest BCUT2D eigenvalue weighted by atomic mass is 19.1. The standard InChI is InChI=1S/C22H23FN4O3/c1-22(2,3)26-21(30)19(28)18-12-14(17-7-5-6-10-27(17)18)20(29)25-13-8-9-15(23)16(11-13)24-4/h8-9,11-12H,5-7,10H2,1-3H3,(H,25,29)(H,26,30). The summed E-state index contributed by atoms with van der Waals surface area (Å²) < 4.78 is 15.3. The van der Waals surface area contributed by atoms with E-state index >= 15 is 0 Å². The van der Waals surface area contributed by atoms with E-state index in [-0.39, 0.29) is 17.1 Å². The van der Waals surface area contributed by atoms with E-state index in [1.54, 1.807) is 25.3 Å².